The second-order valence-corrected chi connectivity index (χ2v) is 13.3. The molecule has 45 heavy (non-hydrogen) atoms. The third-order valence-electron chi connectivity index (χ3n) is 10.5. The minimum Gasteiger partial charge on any atom is -0.494 e. The van der Waals surface area contributed by atoms with Gasteiger partial charge in [0.05, 0.1) is 18.4 Å². The SMILES string of the molecule is COc1cc(C(=O)N2CC3CCC2[C@@H]3N)cn2nc(-c3cc4ccc(-c5ccn6c(C)nnc6c5)cc4n3CC3CC3)c(C)c12. The van der Waals surface area contributed by atoms with E-state index < -0.39 is 0 Å². The molecule has 2 bridgehead atoms. The summed E-state index contributed by atoms with van der Waals surface area (Å²) in [6.45, 7) is 5.72. The molecule has 9 rings (SSSR count). The Bertz CT molecular complexity index is 2170. The lowest BCUT2D eigenvalue weighted by Crippen LogP contribution is -2.41. The van der Waals surface area contributed by atoms with Crippen LogP contribution in [0.25, 0.3) is 44.6 Å². The molecule has 6 aromatic rings. The molecule has 10 heteroatoms. The number of ether oxygens (including phenoxy) is 1. The van der Waals surface area contributed by atoms with Crippen LogP contribution in [0, 0.1) is 25.7 Å². The minimum absolute atomic E-state index is 0.00223. The van der Waals surface area contributed by atoms with Crippen molar-refractivity contribution in [2.45, 2.75) is 58.2 Å². The lowest BCUT2D eigenvalue weighted by atomic mass is 10.1. The number of fused-ring (bicyclic) bond motifs is 5. The van der Waals surface area contributed by atoms with E-state index in [4.69, 9.17) is 15.6 Å². The van der Waals surface area contributed by atoms with Gasteiger partial charge in [-0.2, -0.15) is 5.10 Å². The predicted molar refractivity (Wildman–Crippen MR) is 172 cm³/mol. The van der Waals surface area contributed by atoms with Crippen LogP contribution in [0.3, 0.4) is 0 Å². The Labute approximate surface area is 260 Å². The van der Waals surface area contributed by atoms with E-state index in [1.807, 2.05) is 39.2 Å². The molecule has 1 amide bonds. The first-order valence-corrected chi connectivity index (χ1v) is 16.0. The van der Waals surface area contributed by atoms with E-state index in [9.17, 15) is 4.79 Å². The van der Waals surface area contributed by atoms with Gasteiger partial charge in [-0.3, -0.25) is 9.20 Å². The number of nitrogens with two attached hydrogens (primary N) is 1. The highest BCUT2D eigenvalue weighted by Crippen LogP contribution is 2.41. The van der Waals surface area contributed by atoms with E-state index in [-0.39, 0.29) is 18.0 Å². The van der Waals surface area contributed by atoms with E-state index >= 15 is 0 Å². The van der Waals surface area contributed by atoms with Gasteiger partial charge in [-0.25, -0.2) is 4.52 Å². The fourth-order valence-electron chi connectivity index (χ4n) is 7.83. The number of rotatable bonds is 6. The average Bonchev–Trinajstić information content (AvgIpc) is 3.26. The number of likely N-dealkylation sites (tertiary alicyclic amines) is 1. The van der Waals surface area contributed by atoms with Crippen LogP contribution < -0.4 is 10.5 Å². The number of piperidine rings is 1. The molecular weight excluding hydrogens is 564 g/mol. The van der Waals surface area contributed by atoms with Gasteiger partial charge in [0.2, 0.25) is 0 Å². The number of pyridine rings is 2. The standard InChI is InChI=1S/C35H36N8O2/c1-19-33(39-43-18-26(14-30(45-3)34(19)43)35(44)42-17-25-8-9-27(42)32(25)36)29-13-24-7-6-22(12-28(24)41(29)16-21-4-5-21)23-10-11-40-20(2)37-38-31(40)15-23/h6-7,10-15,18,21,25,27,32H,4-5,8-9,16-17,36H2,1-3H3/t25?,27?,32-/m1/s1. The molecule has 1 aromatic carbocycles. The zero-order chi connectivity index (χ0) is 30.6. The Morgan fingerprint density at radius 2 is 1.87 bits per heavy atom. The molecule has 1 saturated heterocycles. The average molecular weight is 601 g/mol. The molecule has 2 aliphatic carbocycles. The number of aryl methyl sites for hydroxylation is 2. The van der Waals surface area contributed by atoms with Crippen LogP contribution in [0.1, 0.15) is 47.4 Å². The Morgan fingerprint density at radius 1 is 1.02 bits per heavy atom. The van der Waals surface area contributed by atoms with Gasteiger partial charge in [0.25, 0.3) is 5.91 Å². The molecule has 3 aliphatic rings. The summed E-state index contributed by atoms with van der Waals surface area (Å²) in [6.07, 6.45) is 8.47. The first-order valence-electron chi connectivity index (χ1n) is 16.0. The molecule has 0 radical (unpaired) electrons. The van der Waals surface area contributed by atoms with Crippen molar-refractivity contribution in [1.82, 2.24) is 33.7 Å². The van der Waals surface area contributed by atoms with Crippen LogP contribution in [0.15, 0.2) is 54.9 Å². The summed E-state index contributed by atoms with van der Waals surface area (Å²) in [5.74, 6) is 2.58. The summed E-state index contributed by atoms with van der Waals surface area (Å²) in [7, 11) is 1.66. The Kier molecular flexibility index (Phi) is 5.72. The smallest absolute Gasteiger partial charge is 0.255 e. The normalized spacial score (nSPS) is 21.2. The molecule has 228 valence electrons. The lowest BCUT2D eigenvalue weighted by molar-refractivity contribution is 0.0699. The first-order chi connectivity index (χ1) is 21.9. The van der Waals surface area contributed by atoms with Gasteiger partial charge in [0.15, 0.2) is 5.65 Å². The zero-order valence-corrected chi connectivity index (χ0v) is 25.8. The highest BCUT2D eigenvalue weighted by molar-refractivity contribution is 5.96. The third-order valence-corrected chi connectivity index (χ3v) is 10.5. The largest absolute Gasteiger partial charge is 0.494 e. The molecule has 1 aliphatic heterocycles. The van der Waals surface area contributed by atoms with Crippen molar-refractivity contribution in [3.8, 4) is 28.3 Å². The van der Waals surface area contributed by atoms with Crippen molar-refractivity contribution >= 4 is 28.0 Å². The van der Waals surface area contributed by atoms with E-state index in [1.165, 1.54) is 23.7 Å². The number of hydrogen-bond donors (Lipinski definition) is 1. The summed E-state index contributed by atoms with van der Waals surface area (Å²) in [5, 5.41) is 14.9. The van der Waals surface area contributed by atoms with Gasteiger partial charge in [0, 0.05) is 54.0 Å². The van der Waals surface area contributed by atoms with Crippen molar-refractivity contribution in [3.63, 3.8) is 0 Å². The molecule has 10 nitrogen and oxygen atoms in total. The quantitative estimate of drug-likeness (QED) is 0.279. The van der Waals surface area contributed by atoms with E-state index in [2.05, 4.69) is 58.1 Å². The number of hydrogen-bond acceptors (Lipinski definition) is 6. The maximum atomic E-state index is 13.7. The maximum absolute atomic E-state index is 13.7. The van der Waals surface area contributed by atoms with Gasteiger partial charge in [-0.05, 0) is 92.8 Å². The van der Waals surface area contributed by atoms with Crippen LogP contribution in [-0.4, -0.2) is 65.3 Å². The number of benzene rings is 1. The fraction of sp³-hybridized carbons (Fsp3) is 0.371. The van der Waals surface area contributed by atoms with Crippen molar-refractivity contribution in [2.75, 3.05) is 13.7 Å². The van der Waals surface area contributed by atoms with Crippen molar-refractivity contribution < 1.29 is 9.53 Å². The van der Waals surface area contributed by atoms with Crippen LogP contribution >= 0.6 is 0 Å². The summed E-state index contributed by atoms with van der Waals surface area (Å²) in [5.41, 5.74) is 15.2. The molecular formula is C35H36N8O2. The second-order valence-electron chi connectivity index (χ2n) is 13.3. The number of aromatic nitrogens is 6. The summed E-state index contributed by atoms with van der Waals surface area (Å²) in [4.78, 5) is 15.7. The molecule has 3 atom stereocenters. The summed E-state index contributed by atoms with van der Waals surface area (Å²) < 4.78 is 12.2. The number of methoxy groups -OCH3 is 1. The number of nitrogens with zero attached hydrogens (tertiary/aromatic N) is 7. The molecule has 2 unspecified atom stereocenters. The van der Waals surface area contributed by atoms with Crippen LogP contribution in [0.5, 0.6) is 5.75 Å². The highest BCUT2D eigenvalue weighted by atomic mass is 16.5. The zero-order valence-electron chi connectivity index (χ0n) is 25.8. The molecule has 3 fully saturated rings. The first kappa shape index (κ1) is 26.7. The van der Waals surface area contributed by atoms with Gasteiger partial charge >= 0.3 is 0 Å². The summed E-state index contributed by atoms with van der Waals surface area (Å²) >= 11 is 0. The lowest BCUT2D eigenvalue weighted by Gasteiger charge is -2.27. The summed E-state index contributed by atoms with van der Waals surface area (Å²) in [6, 6.07) is 15.2. The predicted octanol–water partition coefficient (Wildman–Crippen LogP) is 5.26. The van der Waals surface area contributed by atoms with Crippen molar-refractivity contribution in [2.24, 2.45) is 17.6 Å². The highest BCUT2D eigenvalue weighted by Gasteiger charge is 2.47. The molecule has 6 heterocycles. The van der Waals surface area contributed by atoms with Gasteiger partial charge < -0.3 is 19.9 Å². The minimum atomic E-state index is 0.00223. The van der Waals surface area contributed by atoms with E-state index in [0.29, 0.717) is 23.1 Å². The van der Waals surface area contributed by atoms with Crippen LogP contribution in [0.2, 0.25) is 0 Å². The number of amides is 1. The molecule has 5 aromatic heterocycles. The van der Waals surface area contributed by atoms with Crippen molar-refractivity contribution in [1.29, 1.82) is 0 Å². The molecule has 2 saturated carbocycles. The molecule has 0 spiro atoms. The Morgan fingerprint density at radius 3 is 2.62 bits per heavy atom. The molecule has 2 N–H and O–H groups in total. The van der Waals surface area contributed by atoms with Crippen LogP contribution in [0.4, 0.5) is 0 Å². The Balaban J connectivity index is 1.15. The van der Waals surface area contributed by atoms with E-state index in [0.717, 1.165) is 71.0 Å². The van der Waals surface area contributed by atoms with Crippen molar-refractivity contribution in [3.05, 3.63) is 71.8 Å². The van der Waals surface area contributed by atoms with Gasteiger partial charge in [-0.15, -0.1) is 10.2 Å². The van der Waals surface area contributed by atoms with E-state index in [1.54, 1.807) is 7.11 Å². The number of carbonyl (C=O) groups is 1. The van der Waals surface area contributed by atoms with Gasteiger partial charge in [-0.1, -0.05) is 12.1 Å². The maximum Gasteiger partial charge on any atom is 0.255 e. The monoisotopic (exact) mass is 600 g/mol. The number of carbonyl (C=O) groups excluding carboxylic acids is 1. The van der Waals surface area contributed by atoms with Crippen LogP contribution in [-0.2, 0) is 6.54 Å². The Hall–Kier alpha value is -4.70. The van der Waals surface area contributed by atoms with Gasteiger partial charge in [0.1, 0.15) is 22.8 Å². The second kappa shape index (κ2) is 9.65. The third kappa shape index (κ3) is 4.04. The fourth-order valence-corrected chi connectivity index (χ4v) is 7.83. The topological polar surface area (TPSA) is 108 Å².